The number of aliphatic hydroxyl groups excluding tert-OH is 2. The van der Waals surface area contributed by atoms with Gasteiger partial charge >= 0.3 is 0 Å². The monoisotopic (exact) mass is 458 g/mol. The third kappa shape index (κ3) is 68.5. The Bertz CT molecular complexity index is 101. The van der Waals surface area contributed by atoms with Crippen LogP contribution in [0.4, 0.5) is 0 Å². The molecule has 0 aromatic rings. The minimum Gasteiger partial charge on any atom is -0.400 e. The van der Waals surface area contributed by atoms with E-state index in [1.807, 2.05) is 0 Å². The first-order valence-electron chi connectivity index (χ1n) is 4.39. The fraction of sp³-hybridized carbons (Fsp3) is 0.800. The zero-order valence-corrected chi connectivity index (χ0v) is 19.6. The van der Waals surface area contributed by atoms with Gasteiger partial charge in [-0.1, -0.05) is 13.8 Å². The standard InChI is InChI=1S/C5H11.C4H8O2.CH4O.3Y/c1-4-5(2)3;1-4(6)2-3-5;1-2;;;/h4-5H,1-3H3;5H,2-3H2,1H3;2H,1H3;;;/q-1;;;;;. The van der Waals surface area contributed by atoms with Crippen LogP contribution in [-0.2, 0) is 103 Å². The number of hydrogen-bond acceptors (Lipinski definition) is 3. The smallest absolute Gasteiger partial charge is 0.132 e. The molecule has 0 saturated carbocycles. The van der Waals surface area contributed by atoms with E-state index in [0.717, 1.165) is 13.0 Å². The molecule has 0 atom stereocenters. The molecule has 16 heavy (non-hydrogen) atoms. The second-order valence-electron chi connectivity index (χ2n) is 2.75. The molecule has 3 nitrogen and oxygen atoms in total. The van der Waals surface area contributed by atoms with Gasteiger partial charge in [0.2, 0.25) is 0 Å². The van der Waals surface area contributed by atoms with Crippen molar-refractivity contribution in [2.24, 2.45) is 5.92 Å². The molecule has 0 bridgehead atoms. The van der Waals surface area contributed by atoms with E-state index in [-0.39, 0.29) is 111 Å². The number of carbonyl (C=O) groups excluding carboxylic acids is 1. The molecule has 0 unspecified atom stereocenters. The predicted octanol–water partition coefficient (Wildman–Crippen LogP) is 1.43. The van der Waals surface area contributed by atoms with Crippen LogP contribution in [0.15, 0.2) is 0 Å². The first-order valence-corrected chi connectivity index (χ1v) is 4.39. The zero-order valence-electron chi connectivity index (χ0n) is 11.1. The van der Waals surface area contributed by atoms with E-state index in [4.69, 9.17) is 10.2 Å². The van der Waals surface area contributed by atoms with E-state index in [1.54, 1.807) is 0 Å². The molecule has 91 valence electrons. The summed E-state index contributed by atoms with van der Waals surface area (Å²) in [4.78, 5) is 9.88. The molecule has 0 fully saturated rings. The van der Waals surface area contributed by atoms with Crippen LogP contribution < -0.4 is 0 Å². The van der Waals surface area contributed by atoms with Gasteiger partial charge in [-0.25, -0.2) is 0 Å². The minimum atomic E-state index is -0.0185. The number of hydrogen-bond donors (Lipinski definition) is 2. The summed E-state index contributed by atoms with van der Waals surface area (Å²) in [6, 6.07) is 0. The van der Waals surface area contributed by atoms with Crippen molar-refractivity contribution >= 4 is 5.78 Å². The van der Waals surface area contributed by atoms with Gasteiger partial charge < -0.3 is 16.6 Å². The van der Waals surface area contributed by atoms with E-state index >= 15 is 0 Å². The molecule has 0 spiro atoms. The summed E-state index contributed by atoms with van der Waals surface area (Å²) in [5.74, 6) is 0.799. The third-order valence-corrected chi connectivity index (χ3v) is 1.13. The topological polar surface area (TPSA) is 57.5 Å². The minimum absolute atomic E-state index is 0. The van der Waals surface area contributed by atoms with Crippen molar-refractivity contribution in [3.8, 4) is 0 Å². The van der Waals surface area contributed by atoms with Crippen molar-refractivity contribution in [1.82, 2.24) is 0 Å². The maximum absolute atomic E-state index is 9.88. The van der Waals surface area contributed by atoms with Crippen LogP contribution in [0.3, 0.4) is 0 Å². The molecule has 0 rings (SSSR count). The molecule has 6 heteroatoms. The molecule has 3 radical (unpaired) electrons. The summed E-state index contributed by atoms with van der Waals surface area (Å²) >= 11 is 0. The molecule has 0 aliphatic rings. The Balaban J connectivity index is -0.0000000234. The van der Waals surface area contributed by atoms with E-state index in [9.17, 15) is 4.79 Å². The van der Waals surface area contributed by atoms with Crippen molar-refractivity contribution in [3.05, 3.63) is 6.42 Å². The number of rotatable bonds is 3. The van der Waals surface area contributed by atoms with E-state index in [2.05, 4.69) is 27.2 Å². The summed E-state index contributed by atoms with van der Waals surface area (Å²) in [5.41, 5.74) is 0. The van der Waals surface area contributed by atoms with Crippen molar-refractivity contribution in [2.75, 3.05) is 13.7 Å². The summed E-state index contributed by atoms with van der Waals surface area (Å²) < 4.78 is 0. The Morgan fingerprint density at radius 2 is 1.44 bits per heavy atom. The summed E-state index contributed by atoms with van der Waals surface area (Å²) in [6.45, 7) is 7.84. The Hall–Kier alpha value is 2.90. The number of aliphatic hydroxyl groups is 2. The van der Waals surface area contributed by atoms with Gasteiger partial charge in [0.05, 0.1) is 0 Å². The van der Waals surface area contributed by atoms with Crippen LogP contribution in [-0.4, -0.2) is 29.7 Å². The largest absolute Gasteiger partial charge is 0.400 e. The molecule has 0 heterocycles. The Kier molecular flexibility index (Phi) is 82.1. The predicted molar refractivity (Wildman–Crippen MR) is 55.3 cm³/mol. The molecule has 0 aliphatic carbocycles. The van der Waals surface area contributed by atoms with Gasteiger partial charge in [-0.2, -0.15) is 12.8 Å². The van der Waals surface area contributed by atoms with Crippen molar-refractivity contribution in [3.63, 3.8) is 0 Å². The number of carbonyl (C=O) groups is 1. The van der Waals surface area contributed by atoms with E-state index in [0.29, 0.717) is 6.42 Å². The normalized spacial score (nSPS) is 6.50. The second-order valence-corrected chi connectivity index (χ2v) is 2.75. The maximum atomic E-state index is 9.88. The Morgan fingerprint density at radius 1 is 1.19 bits per heavy atom. The Morgan fingerprint density at radius 3 is 1.44 bits per heavy atom. The molecule has 0 saturated heterocycles. The van der Waals surface area contributed by atoms with Crippen LogP contribution in [0.5, 0.6) is 0 Å². The summed E-state index contributed by atoms with van der Waals surface area (Å²) in [7, 11) is 1.00. The van der Waals surface area contributed by atoms with Crippen LogP contribution in [0.1, 0.15) is 34.1 Å². The van der Waals surface area contributed by atoms with Crippen LogP contribution >= 0.6 is 0 Å². The SMILES string of the molecule is CC(=O)CCO.CO.C[CH-]C(C)C.[Y].[Y].[Y]. The van der Waals surface area contributed by atoms with Crippen molar-refractivity contribution in [1.29, 1.82) is 0 Å². The van der Waals surface area contributed by atoms with Crippen molar-refractivity contribution in [2.45, 2.75) is 34.1 Å². The average molecular weight is 458 g/mol. The molecular formula is C10H23O3Y3-. The first-order chi connectivity index (χ1) is 6.04. The molecule has 0 aromatic heterocycles. The fourth-order valence-electron chi connectivity index (χ4n) is 0.157. The van der Waals surface area contributed by atoms with Gasteiger partial charge in [0.25, 0.3) is 0 Å². The third-order valence-electron chi connectivity index (χ3n) is 1.13. The van der Waals surface area contributed by atoms with Gasteiger partial charge in [0, 0.05) is 118 Å². The van der Waals surface area contributed by atoms with E-state index in [1.165, 1.54) is 6.92 Å². The summed E-state index contributed by atoms with van der Waals surface area (Å²) in [5, 5.41) is 15.0. The molecule has 0 aliphatic heterocycles. The van der Waals surface area contributed by atoms with Crippen LogP contribution in [0, 0.1) is 12.3 Å². The zero-order chi connectivity index (χ0) is 11.3. The van der Waals surface area contributed by atoms with Gasteiger partial charge in [0.15, 0.2) is 0 Å². The molecule has 0 amide bonds. The van der Waals surface area contributed by atoms with Crippen molar-refractivity contribution < 1.29 is 113 Å². The first kappa shape index (κ1) is 36.4. The summed E-state index contributed by atoms with van der Waals surface area (Å²) in [6.07, 6.45) is 2.46. The van der Waals surface area contributed by atoms with E-state index < -0.39 is 0 Å². The quantitative estimate of drug-likeness (QED) is 0.630. The molecule has 0 aromatic carbocycles. The van der Waals surface area contributed by atoms with Crippen LogP contribution in [0.2, 0.25) is 0 Å². The Labute approximate surface area is 176 Å². The second kappa shape index (κ2) is 36.1. The fourth-order valence-corrected chi connectivity index (χ4v) is 0.157. The van der Waals surface area contributed by atoms with Gasteiger partial charge in [-0.15, -0.1) is 0 Å². The van der Waals surface area contributed by atoms with Gasteiger partial charge in [-0.3, -0.25) is 4.79 Å². The number of ketones is 1. The molecular weight excluding hydrogens is 435 g/mol. The average Bonchev–Trinajstić information content (AvgIpc) is 2.09. The number of Topliss-reactive ketones (excluding diaryl/α,β-unsaturated/α-hetero) is 1. The van der Waals surface area contributed by atoms with Crippen LogP contribution in [0.25, 0.3) is 0 Å². The maximum Gasteiger partial charge on any atom is 0.132 e. The molecule has 2 N–H and O–H groups in total. The van der Waals surface area contributed by atoms with Gasteiger partial charge in [-0.05, 0) is 6.92 Å². The van der Waals surface area contributed by atoms with Gasteiger partial charge in [0.1, 0.15) is 5.78 Å².